The lowest BCUT2D eigenvalue weighted by Gasteiger charge is -2.11. The van der Waals surface area contributed by atoms with Crippen LogP contribution in [0.1, 0.15) is 5.56 Å². The second-order valence-electron chi connectivity index (χ2n) is 3.53. The number of hydrogen-bond donors (Lipinski definition) is 1. The summed E-state index contributed by atoms with van der Waals surface area (Å²) in [4.78, 5) is 0.301. The first kappa shape index (κ1) is 13.5. The van der Waals surface area contributed by atoms with Crippen LogP contribution in [0.25, 0.3) is 0 Å². The predicted octanol–water partition coefficient (Wildman–Crippen LogP) is 4.64. The minimum atomic E-state index is 0.301. The van der Waals surface area contributed by atoms with Gasteiger partial charge in [-0.3, -0.25) is 0 Å². The van der Waals surface area contributed by atoms with Crippen LogP contribution in [0.15, 0.2) is 51.4 Å². The van der Waals surface area contributed by atoms with E-state index in [2.05, 4.69) is 31.9 Å². The van der Waals surface area contributed by atoms with E-state index < -0.39 is 0 Å². The molecule has 2 nitrogen and oxygen atoms in total. The highest BCUT2D eigenvalue weighted by Crippen LogP contribution is 2.31. The Labute approximate surface area is 127 Å². The van der Waals surface area contributed by atoms with E-state index in [-0.39, 0.29) is 0 Å². The van der Waals surface area contributed by atoms with Gasteiger partial charge >= 0.3 is 0 Å². The van der Waals surface area contributed by atoms with Gasteiger partial charge in [0.15, 0.2) is 0 Å². The molecule has 2 aromatic rings. The Bertz CT molecular complexity index is 584. The molecule has 0 spiro atoms. The SMILES string of the molecule is NC(=S)c1c(Br)cccc1Oc1ccc(Br)cc1. The highest BCUT2D eigenvalue weighted by atomic mass is 79.9. The van der Waals surface area contributed by atoms with Crippen molar-refractivity contribution in [2.45, 2.75) is 0 Å². The van der Waals surface area contributed by atoms with Crippen LogP contribution in [0, 0.1) is 0 Å². The molecule has 0 aliphatic heterocycles. The van der Waals surface area contributed by atoms with E-state index in [4.69, 9.17) is 22.7 Å². The molecule has 0 saturated heterocycles. The summed E-state index contributed by atoms with van der Waals surface area (Å²) in [6.45, 7) is 0. The van der Waals surface area contributed by atoms with Crippen LogP contribution in [0.4, 0.5) is 0 Å². The molecule has 92 valence electrons. The van der Waals surface area contributed by atoms with Gasteiger partial charge in [-0.15, -0.1) is 0 Å². The van der Waals surface area contributed by atoms with Crippen LogP contribution < -0.4 is 10.5 Å². The fourth-order valence-electron chi connectivity index (χ4n) is 1.46. The molecule has 0 bridgehead atoms. The van der Waals surface area contributed by atoms with E-state index in [0.29, 0.717) is 16.3 Å². The third-order valence-corrected chi connectivity index (χ3v) is 3.66. The van der Waals surface area contributed by atoms with Crippen LogP contribution in [0.3, 0.4) is 0 Å². The zero-order valence-corrected chi connectivity index (χ0v) is 13.2. The van der Waals surface area contributed by atoms with Gasteiger partial charge in [0.05, 0.1) is 5.56 Å². The van der Waals surface area contributed by atoms with Crippen molar-refractivity contribution in [3.63, 3.8) is 0 Å². The van der Waals surface area contributed by atoms with Crippen molar-refractivity contribution in [3.05, 3.63) is 57.0 Å². The lowest BCUT2D eigenvalue weighted by molar-refractivity contribution is 0.481. The smallest absolute Gasteiger partial charge is 0.138 e. The van der Waals surface area contributed by atoms with E-state index in [1.54, 1.807) is 0 Å². The van der Waals surface area contributed by atoms with Gasteiger partial charge < -0.3 is 10.5 Å². The van der Waals surface area contributed by atoms with Gasteiger partial charge in [0.1, 0.15) is 16.5 Å². The summed E-state index contributed by atoms with van der Waals surface area (Å²) in [5.41, 5.74) is 6.41. The quantitative estimate of drug-likeness (QED) is 0.780. The lowest BCUT2D eigenvalue weighted by atomic mass is 10.2. The minimum absolute atomic E-state index is 0.301. The summed E-state index contributed by atoms with van der Waals surface area (Å²) in [5, 5.41) is 0. The van der Waals surface area contributed by atoms with Crippen molar-refractivity contribution in [2.24, 2.45) is 5.73 Å². The number of thiocarbonyl (C=S) groups is 1. The van der Waals surface area contributed by atoms with Crippen LogP contribution >= 0.6 is 44.1 Å². The summed E-state index contributed by atoms with van der Waals surface area (Å²) in [6.07, 6.45) is 0. The van der Waals surface area contributed by atoms with Crippen molar-refractivity contribution < 1.29 is 4.74 Å². The molecule has 0 aromatic heterocycles. The molecule has 2 rings (SSSR count). The molecule has 0 radical (unpaired) electrons. The van der Waals surface area contributed by atoms with E-state index >= 15 is 0 Å². The number of benzene rings is 2. The van der Waals surface area contributed by atoms with Crippen molar-refractivity contribution in [1.82, 2.24) is 0 Å². The van der Waals surface area contributed by atoms with Crippen LogP contribution in [-0.2, 0) is 0 Å². The Morgan fingerprint density at radius 1 is 1.06 bits per heavy atom. The molecule has 2 aromatic carbocycles. The molecule has 0 saturated carbocycles. The summed E-state index contributed by atoms with van der Waals surface area (Å²) in [5.74, 6) is 1.37. The first-order valence-corrected chi connectivity index (χ1v) is 7.09. The lowest BCUT2D eigenvalue weighted by Crippen LogP contribution is -2.11. The minimum Gasteiger partial charge on any atom is -0.457 e. The monoisotopic (exact) mass is 385 g/mol. The van der Waals surface area contributed by atoms with E-state index in [9.17, 15) is 0 Å². The average molecular weight is 387 g/mol. The Morgan fingerprint density at radius 3 is 2.33 bits per heavy atom. The molecule has 0 aliphatic rings. The molecule has 0 fully saturated rings. The predicted molar refractivity (Wildman–Crippen MR) is 84.2 cm³/mol. The number of ether oxygens (including phenoxy) is 1. The first-order chi connectivity index (χ1) is 8.58. The van der Waals surface area contributed by atoms with E-state index in [0.717, 1.165) is 14.7 Å². The van der Waals surface area contributed by atoms with E-state index in [1.807, 2.05) is 42.5 Å². The number of rotatable bonds is 3. The molecule has 0 unspecified atom stereocenters. The standard InChI is InChI=1S/C13H9Br2NOS/c14-8-4-6-9(7-5-8)17-11-3-1-2-10(15)12(11)13(16)18/h1-7H,(H2,16,18). The van der Waals surface area contributed by atoms with Crippen molar-refractivity contribution in [2.75, 3.05) is 0 Å². The maximum Gasteiger partial charge on any atom is 0.138 e. The molecule has 2 N–H and O–H groups in total. The summed E-state index contributed by atoms with van der Waals surface area (Å²) < 4.78 is 7.61. The second-order valence-corrected chi connectivity index (χ2v) is 5.74. The Morgan fingerprint density at radius 2 is 1.72 bits per heavy atom. The van der Waals surface area contributed by atoms with Gasteiger partial charge in [0.2, 0.25) is 0 Å². The molecule has 5 heteroatoms. The molecule has 0 amide bonds. The fraction of sp³-hybridized carbons (Fsp3) is 0. The third kappa shape index (κ3) is 3.10. The van der Waals surface area contributed by atoms with Gasteiger partial charge in [0, 0.05) is 8.95 Å². The summed E-state index contributed by atoms with van der Waals surface area (Å²) >= 11 is 11.8. The second kappa shape index (κ2) is 5.82. The molecular formula is C13H9Br2NOS. The zero-order chi connectivity index (χ0) is 13.1. The van der Waals surface area contributed by atoms with Gasteiger partial charge in [0.25, 0.3) is 0 Å². The topological polar surface area (TPSA) is 35.2 Å². The molecule has 0 atom stereocenters. The van der Waals surface area contributed by atoms with Crippen molar-refractivity contribution in [1.29, 1.82) is 0 Å². The largest absolute Gasteiger partial charge is 0.457 e. The molecular weight excluding hydrogens is 378 g/mol. The third-order valence-electron chi connectivity index (χ3n) is 2.26. The van der Waals surface area contributed by atoms with Gasteiger partial charge in [-0.2, -0.15) is 0 Å². The highest BCUT2D eigenvalue weighted by Gasteiger charge is 2.11. The Hall–Kier alpha value is -0.910. The normalized spacial score (nSPS) is 10.1. The average Bonchev–Trinajstić information content (AvgIpc) is 2.32. The van der Waals surface area contributed by atoms with E-state index in [1.165, 1.54) is 0 Å². The number of halogens is 2. The first-order valence-electron chi connectivity index (χ1n) is 5.09. The number of hydrogen-bond acceptors (Lipinski definition) is 2. The van der Waals surface area contributed by atoms with Crippen LogP contribution in [0.2, 0.25) is 0 Å². The maximum absolute atomic E-state index is 5.79. The highest BCUT2D eigenvalue weighted by molar-refractivity contribution is 9.10. The van der Waals surface area contributed by atoms with Crippen molar-refractivity contribution >= 4 is 49.1 Å². The zero-order valence-electron chi connectivity index (χ0n) is 9.19. The van der Waals surface area contributed by atoms with Crippen molar-refractivity contribution in [3.8, 4) is 11.5 Å². The molecule has 18 heavy (non-hydrogen) atoms. The Balaban J connectivity index is 2.37. The summed E-state index contributed by atoms with van der Waals surface area (Å²) in [7, 11) is 0. The van der Waals surface area contributed by atoms with Gasteiger partial charge in [-0.05, 0) is 52.3 Å². The van der Waals surface area contributed by atoms with Crippen LogP contribution in [-0.4, -0.2) is 4.99 Å². The number of nitrogens with two attached hydrogens (primary N) is 1. The molecule has 0 heterocycles. The maximum atomic E-state index is 5.79. The van der Waals surface area contributed by atoms with Gasteiger partial charge in [-0.1, -0.05) is 34.2 Å². The fourth-order valence-corrected chi connectivity index (χ4v) is 2.63. The van der Waals surface area contributed by atoms with Crippen LogP contribution in [0.5, 0.6) is 11.5 Å². The molecule has 0 aliphatic carbocycles. The van der Waals surface area contributed by atoms with Gasteiger partial charge in [-0.25, -0.2) is 0 Å². The Kier molecular flexibility index (Phi) is 4.37. The summed E-state index contributed by atoms with van der Waals surface area (Å²) in [6, 6.07) is 13.1.